The topological polar surface area (TPSA) is 95.5 Å². The number of carbonyl (C=O) groups excluding carboxylic acids is 2. The van der Waals surface area contributed by atoms with E-state index in [2.05, 4.69) is 10.6 Å². The molecule has 0 saturated heterocycles. The number of aliphatic carboxylic acids is 1. The van der Waals surface area contributed by atoms with Gasteiger partial charge in [0.2, 0.25) is 11.8 Å². The second-order valence-electron chi connectivity index (χ2n) is 4.34. The van der Waals surface area contributed by atoms with Crippen LogP contribution in [0.1, 0.15) is 39.5 Å². The Morgan fingerprint density at radius 2 is 1.78 bits per heavy atom. The van der Waals surface area contributed by atoms with E-state index < -0.39 is 11.9 Å². The molecule has 0 aliphatic carbocycles. The first-order valence-corrected chi connectivity index (χ1v) is 6.17. The van der Waals surface area contributed by atoms with Gasteiger partial charge in [0, 0.05) is 26.4 Å². The molecule has 0 aliphatic rings. The summed E-state index contributed by atoms with van der Waals surface area (Å²) < 4.78 is 0. The fourth-order valence-corrected chi connectivity index (χ4v) is 1.29. The van der Waals surface area contributed by atoms with Crippen molar-refractivity contribution in [2.45, 2.75) is 39.5 Å². The van der Waals surface area contributed by atoms with E-state index in [4.69, 9.17) is 5.11 Å². The lowest BCUT2D eigenvalue weighted by atomic mass is 10.1. The first-order chi connectivity index (χ1) is 8.43. The molecule has 18 heavy (non-hydrogen) atoms. The van der Waals surface area contributed by atoms with Gasteiger partial charge < -0.3 is 15.7 Å². The van der Waals surface area contributed by atoms with Crippen LogP contribution in [-0.4, -0.2) is 36.0 Å². The molecule has 0 heterocycles. The summed E-state index contributed by atoms with van der Waals surface area (Å²) >= 11 is 0. The minimum absolute atomic E-state index is 0.0459. The van der Waals surface area contributed by atoms with Crippen molar-refractivity contribution < 1.29 is 19.5 Å². The van der Waals surface area contributed by atoms with Crippen molar-refractivity contribution in [1.82, 2.24) is 10.6 Å². The Morgan fingerprint density at radius 3 is 2.33 bits per heavy atom. The molecule has 0 radical (unpaired) electrons. The van der Waals surface area contributed by atoms with Crippen molar-refractivity contribution in [3.05, 3.63) is 0 Å². The zero-order valence-corrected chi connectivity index (χ0v) is 11.0. The fourth-order valence-electron chi connectivity index (χ4n) is 1.29. The van der Waals surface area contributed by atoms with Gasteiger partial charge in [-0.1, -0.05) is 13.3 Å². The second kappa shape index (κ2) is 9.44. The molecule has 1 unspecified atom stereocenters. The Balaban J connectivity index is 3.43. The molecule has 6 heteroatoms. The summed E-state index contributed by atoms with van der Waals surface area (Å²) in [7, 11) is 0. The zero-order chi connectivity index (χ0) is 14.0. The van der Waals surface area contributed by atoms with Gasteiger partial charge in [0.1, 0.15) is 0 Å². The van der Waals surface area contributed by atoms with E-state index in [0.717, 1.165) is 19.3 Å². The largest absolute Gasteiger partial charge is 0.481 e. The van der Waals surface area contributed by atoms with Crippen LogP contribution in [0.25, 0.3) is 0 Å². The first-order valence-electron chi connectivity index (χ1n) is 6.17. The zero-order valence-electron chi connectivity index (χ0n) is 11.0. The Hall–Kier alpha value is -1.59. The average molecular weight is 258 g/mol. The molecular formula is C12H22N2O4. The van der Waals surface area contributed by atoms with Crippen molar-refractivity contribution >= 4 is 17.8 Å². The van der Waals surface area contributed by atoms with E-state index in [9.17, 15) is 14.4 Å². The molecule has 0 aromatic rings. The van der Waals surface area contributed by atoms with Gasteiger partial charge in [-0.15, -0.1) is 0 Å². The molecule has 0 bridgehead atoms. The van der Waals surface area contributed by atoms with Gasteiger partial charge in [0.15, 0.2) is 0 Å². The summed E-state index contributed by atoms with van der Waals surface area (Å²) in [5, 5.41) is 13.9. The SMILES string of the molecule is CC(=O)NCCCCCC(=O)NCC(C)C(=O)O. The lowest BCUT2D eigenvalue weighted by Gasteiger charge is -2.08. The highest BCUT2D eigenvalue weighted by molar-refractivity contribution is 5.77. The number of hydrogen-bond donors (Lipinski definition) is 3. The minimum Gasteiger partial charge on any atom is -0.481 e. The number of carbonyl (C=O) groups is 3. The average Bonchev–Trinajstić information content (AvgIpc) is 2.29. The van der Waals surface area contributed by atoms with Gasteiger partial charge in [-0.25, -0.2) is 0 Å². The lowest BCUT2D eigenvalue weighted by molar-refractivity contribution is -0.141. The molecule has 0 rings (SSSR count). The van der Waals surface area contributed by atoms with Gasteiger partial charge in [-0.2, -0.15) is 0 Å². The van der Waals surface area contributed by atoms with Crippen LogP contribution in [0, 0.1) is 5.92 Å². The van der Waals surface area contributed by atoms with Crippen molar-refractivity contribution in [2.75, 3.05) is 13.1 Å². The molecule has 0 aliphatic heterocycles. The Morgan fingerprint density at radius 1 is 1.11 bits per heavy atom. The van der Waals surface area contributed by atoms with Crippen LogP contribution in [0.15, 0.2) is 0 Å². The van der Waals surface area contributed by atoms with Crippen LogP contribution in [0.5, 0.6) is 0 Å². The summed E-state index contributed by atoms with van der Waals surface area (Å²) in [5.74, 6) is -1.64. The maximum absolute atomic E-state index is 11.3. The standard InChI is InChI=1S/C12H22N2O4/c1-9(12(17)18)8-14-11(16)6-4-3-5-7-13-10(2)15/h9H,3-8H2,1-2H3,(H,13,15)(H,14,16)(H,17,18). The molecule has 0 spiro atoms. The molecule has 1 atom stereocenters. The van der Waals surface area contributed by atoms with Crippen LogP contribution in [0.3, 0.4) is 0 Å². The summed E-state index contributed by atoms with van der Waals surface area (Å²) in [6, 6.07) is 0. The third-order valence-electron chi connectivity index (χ3n) is 2.48. The van der Waals surface area contributed by atoms with Crippen molar-refractivity contribution in [1.29, 1.82) is 0 Å². The minimum atomic E-state index is -0.911. The third kappa shape index (κ3) is 9.62. The van der Waals surface area contributed by atoms with Crippen LogP contribution in [-0.2, 0) is 14.4 Å². The van der Waals surface area contributed by atoms with Crippen LogP contribution >= 0.6 is 0 Å². The quantitative estimate of drug-likeness (QED) is 0.525. The summed E-state index contributed by atoms with van der Waals surface area (Å²) in [6.07, 6.45) is 2.85. The number of unbranched alkanes of at least 4 members (excludes halogenated alkanes) is 2. The Kier molecular flexibility index (Phi) is 8.61. The molecule has 0 aromatic carbocycles. The predicted molar refractivity (Wildman–Crippen MR) is 67.0 cm³/mol. The Labute approximate surface area is 107 Å². The van der Waals surface area contributed by atoms with E-state index in [1.54, 1.807) is 6.92 Å². The van der Waals surface area contributed by atoms with E-state index in [1.165, 1.54) is 6.92 Å². The van der Waals surface area contributed by atoms with Crippen LogP contribution in [0.2, 0.25) is 0 Å². The third-order valence-corrected chi connectivity index (χ3v) is 2.48. The molecule has 104 valence electrons. The lowest BCUT2D eigenvalue weighted by Crippen LogP contribution is -2.31. The summed E-state index contributed by atoms with van der Waals surface area (Å²) in [6.45, 7) is 3.82. The van der Waals surface area contributed by atoms with E-state index >= 15 is 0 Å². The second-order valence-corrected chi connectivity index (χ2v) is 4.34. The number of amides is 2. The van der Waals surface area contributed by atoms with Gasteiger partial charge in [0.25, 0.3) is 0 Å². The summed E-state index contributed by atoms with van der Waals surface area (Å²) in [5.41, 5.74) is 0. The maximum atomic E-state index is 11.3. The smallest absolute Gasteiger partial charge is 0.308 e. The van der Waals surface area contributed by atoms with Gasteiger partial charge >= 0.3 is 5.97 Å². The van der Waals surface area contributed by atoms with Gasteiger partial charge in [-0.05, 0) is 12.8 Å². The van der Waals surface area contributed by atoms with Crippen molar-refractivity contribution in [2.24, 2.45) is 5.92 Å². The number of hydrogen-bond acceptors (Lipinski definition) is 3. The van der Waals surface area contributed by atoms with E-state index in [0.29, 0.717) is 13.0 Å². The molecule has 2 amide bonds. The van der Waals surface area contributed by atoms with Crippen LogP contribution < -0.4 is 10.6 Å². The highest BCUT2D eigenvalue weighted by atomic mass is 16.4. The predicted octanol–water partition coefficient (Wildman–Crippen LogP) is 0.520. The molecule has 0 fully saturated rings. The first kappa shape index (κ1) is 16.4. The monoisotopic (exact) mass is 258 g/mol. The molecule has 0 saturated carbocycles. The van der Waals surface area contributed by atoms with Gasteiger partial charge in [-0.3, -0.25) is 14.4 Å². The van der Waals surface area contributed by atoms with E-state index in [-0.39, 0.29) is 18.4 Å². The normalized spacial score (nSPS) is 11.7. The number of carboxylic acid groups (broad SMARTS) is 1. The molecule has 6 nitrogen and oxygen atoms in total. The molecule has 0 aromatic heterocycles. The highest BCUT2D eigenvalue weighted by Crippen LogP contribution is 1.99. The number of carboxylic acids is 1. The van der Waals surface area contributed by atoms with Crippen molar-refractivity contribution in [3.63, 3.8) is 0 Å². The van der Waals surface area contributed by atoms with Crippen molar-refractivity contribution in [3.8, 4) is 0 Å². The molecule has 3 N–H and O–H groups in total. The summed E-state index contributed by atoms with van der Waals surface area (Å²) in [4.78, 5) is 32.4. The van der Waals surface area contributed by atoms with E-state index in [1.807, 2.05) is 0 Å². The Bertz CT molecular complexity index is 292. The van der Waals surface area contributed by atoms with Gasteiger partial charge in [0.05, 0.1) is 5.92 Å². The number of nitrogens with one attached hydrogen (secondary N) is 2. The number of rotatable bonds is 9. The highest BCUT2D eigenvalue weighted by Gasteiger charge is 2.11. The fraction of sp³-hybridized carbons (Fsp3) is 0.750. The maximum Gasteiger partial charge on any atom is 0.308 e. The molecular weight excluding hydrogens is 236 g/mol. The van der Waals surface area contributed by atoms with Crippen LogP contribution in [0.4, 0.5) is 0 Å².